The molecule has 1 unspecified atom stereocenters. The molecule has 2 aromatic rings. The van der Waals surface area contributed by atoms with E-state index >= 15 is 0 Å². The zero-order valence-corrected chi connectivity index (χ0v) is 18.6. The molecule has 164 valence electrons. The summed E-state index contributed by atoms with van der Waals surface area (Å²) in [6, 6.07) is 1.04. The number of halogens is 3. The summed E-state index contributed by atoms with van der Waals surface area (Å²) in [5, 5.41) is 0.0891. The topological polar surface area (TPSA) is 102 Å². The molecular formula is C19H22Cl2FN3O4S. The molecule has 0 bridgehead atoms. The van der Waals surface area contributed by atoms with Crippen molar-refractivity contribution in [3.63, 3.8) is 0 Å². The van der Waals surface area contributed by atoms with E-state index in [9.17, 15) is 22.4 Å². The quantitative estimate of drug-likeness (QED) is 0.662. The van der Waals surface area contributed by atoms with Gasteiger partial charge in [-0.1, -0.05) is 11.6 Å². The van der Waals surface area contributed by atoms with Crippen molar-refractivity contribution in [2.75, 3.05) is 30.0 Å². The third-order valence-corrected chi connectivity index (χ3v) is 6.50. The summed E-state index contributed by atoms with van der Waals surface area (Å²) in [4.78, 5) is 27.2. The number of carbonyl (C=O) groups is 1. The molecule has 0 amide bonds. The third-order valence-electron chi connectivity index (χ3n) is 5.36. The van der Waals surface area contributed by atoms with Gasteiger partial charge in [-0.2, -0.15) is 0 Å². The highest BCUT2D eigenvalue weighted by atomic mass is 35.5. The smallest absolute Gasteiger partial charge is 0.200 e. The Morgan fingerprint density at radius 1 is 1.33 bits per heavy atom. The molecule has 2 fully saturated rings. The zero-order chi connectivity index (χ0) is 21.1. The van der Waals surface area contributed by atoms with Crippen molar-refractivity contribution < 1.29 is 17.6 Å². The maximum Gasteiger partial charge on any atom is 0.200 e. The number of nitrogens with zero attached hydrogens (tertiary/aromatic N) is 2. The molecule has 1 saturated carbocycles. The fourth-order valence-electron chi connectivity index (χ4n) is 3.87. The van der Waals surface area contributed by atoms with Gasteiger partial charge in [-0.3, -0.25) is 9.59 Å². The Labute approximate surface area is 184 Å². The minimum Gasteiger partial charge on any atom is -0.366 e. The van der Waals surface area contributed by atoms with E-state index in [4.69, 9.17) is 17.3 Å². The Balaban J connectivity index is 0.00000256. The number of carbonyl (C=O) groups excluding carboxylic acids is 1. The molecule has 2 N–H and O–H groups in total. The van der Waals surface area contributed by atoms with Crippen molar-refractivity contribution in [2.24, 2.45) is 5.73 Å². The first kappa shape index (κ1) is 23.0. The number of anilines is 1. The van der Waals surface area contributed by atoms with Crippen LogP contribution in [0.2, 0.25) is 5.02 Å². The molecule has 1 aliphatic carbocycles. The predicted molar refractivity (Wildman–Crippen MR) is 118 cm³/mol. The van der Waals surface area contributed by atoms with Crippen LogP contribution >= 0.6 is 24.0 Å². The number of benzene rings is 1. The summed E-state index contributed by atoms with van der Waals surface area (Å²) in [6.07, 6.45) is 4.67. The van der Waals surface area contributed by atoms with Gasteiger partial charge in [0.05, 0.1) is 27.2 Å². The van der Waals surface area contributed by atoms with E-state index in [2.05, 4.69) is 0 Å². The van der Waals surface area contributed by atoms with Crippen LogP contribution in [0.15, 0.2) is 17.1 Å². The Bertz CT molecular complexity index is 1190. The van der Waals surface area contributed by atoms with E-state index in [0.717, 1.165) is 25.2 Å². The molecule has 0 radical (unpaired) electrons. The van der Waals surface area contributed by atoms with E-state index in [1.807, 2.05) is 0 Å². The number of pyridine rings is 1. The standard InChI is InChI=1S/C19H21ClFN3O4S.ClH/c1-29(27,28)9-15(25)13-8-24(11-2-3-11)17-12(19(13)26)6-14(21)18(16(17)20)23-5-4-10(22)7-23;/h6,8,10-11H,2-5,7,9,22H2,1H3;1H. The summed E-state index contributed by atoms with van der Waals surface area (Å²) in [7, 11) is -3.61. The molecule has 30 heavy (non-hydrogen) atoms. The van der Waals surface area contributed by atoms with E-state index in [1.54, 1.807) is 9.47 Å². The summed E-state index contributed by atoms with van der Waals surface area (Å²) in [5.74, 6) is -2.25. The van der Waals surface area contributed by atoms with Gasteiger partial charge < -0.3 is 15.2 Å². The largest absolute Gasteiger partial charge is 0.366 e. The van der Waals surface area contributed by atoms with Crippen molar-refractivity contribution in [1.82, 2.24) is 4.57 Å². The van der Waals surface area contributed by atoms with Crippen molar-refractivity contribution in [1.29, 1.82) is 0 Å². The van der Waals surface area contributed by atoms with Gasteiger partial charge >= 0.3 is 0 Å². The van der Waals surface area contributed by atoms with Gasteiger partial charge in [-0.05, 0) is 25.3 Å². The monoisotopic (exact) mass is 477 g/mol. The second-order valence-electron chi connectivity index (χ2n) is 7.92. The van der Waals surface area contributed by atoms with Crippen LogP contribution in [-0.2, 0) is 9.84 Å². The predicted octanol–water partition coefficient (Wildman–Crippen LogP) is 2.32. The lowest BCUT2D eigenvalue weighted by Gasteiger charge is -2.23. The SMILES string of the molecule is CS(=O)(=O)CC(=O)c1cn(C2CC2)c2c(Cl)c(N3CCC(N)C3)c(F)cc2c1=O.Cl. The molecule has 2 aliphatic rings. The highest BCUT2D eigenvalue weighted by Crippen LogP contribution is 2.42. The van der Waals surface area contributed by atoms with Gasteiger partial charge in [-0.15, -0.1) is 12.4 Å². The maximum absolute atomic E-state index is 15.0. The molecule has 11 heteroatoms. The van der Waals surface area contributed by atoms with Gasteiger partial charge in [0.15, 0.2) is 21.0 Å². The Kier molecular flexibility index (Phi) is 6.21. The summed E-state index contributed by atoms with van der Waals surface area (Å²) in [5.41, 5.74) is 5.54. The number of hydrogen-bond acceptors (Lipinski definition) is 6. The highest BCUT2D eigenvalue weighted by Gasteiger charge is 2.32. The average molecular weight is 478 g/mol. The Morgan fingerprint density at radius 2 is 2.00 bits per heavy atom. The average Bonchev–Trinajstić information content (AvgIpc) is 3.36. The second kappa shape index (κ2) is 8.11. The van der Waals surface area contributed by atoms with Crippen LogP contribution in [0.3, 0.4) is 0 Å². The number of rotatable bonds is 5. The second-order valence-corrected chi connectivity index (χ2v) is 10.4. The molecule has 1 aromatic heterocycles. The van der Waals surface area contributed by atoms with Gasteiger partial charge in [0.1, 0.15) is 11.6 Å². The van der Waals surface area contributed by atoms with Crippen molar-refractivity contribution in [3.05, 3.63) is 38.9 Å². The lowest BCUT2D eigenvalue weighted by Crippen LogP contribution is -2.28. The zero-order valence-electron chi connectivity index (χ0n) is 16.2. The number of nitrogens with two attached hydrogens (primary N) is 1. The summed E-state index contributed by atoms with van der Waals surface area (Å²) in [6.45, 7) is 1.02. The van der Waals surface area contributed by atoms with Crippen molar-refractivity contribution >= 4 is 56.2 Å². The van der Waals surface area contributed by atoms with E-state index in [1.165, 1.54) is 6.20 Å². The Morgan fingerprint density at radius 3 is 2.53 bits per heavy atom. The first-order valence-electron chi connectivity index (χ1n) is 9.35. The minimum atomic E-state index is -3.61. The van der Waals surface area contributed by atoms with Crippen LogP contribution in [-0.4, -0.2) is 49.9 Å². The number of ketones is 1. The lowest BCUT2D eigenvalue weighted by molar-refractivity contribution is 0.101. The number of fused-ring (bicyclic) bond motifs is 1. The molecule has 1 aromatic carbocycles. The molecule has 1 saturated heterocycles. The van der Waals surface area contributed by atoms with E-state index < -0.39 is 32.6 Å². The van der Waals surface area contributed by atoms with Crippen LogP contribution in [0.5, 0.6) is 0 Å². The van der Waals surface area contributed by atoms with Crippen molar-refractivity contribution in [2.45, 2.75) is 31.3 Å². The van der Waals surface area contributed by atoms with Gasteiger partial charge in [-0.25, -0.2) is 12.8 Å². The van der Waals surface area contributed by atoms with Crippen LogP contribution in [0, 0.1) is 5.82 Å². The lowest BCUT2D eigenvalue weighted by atomic mass is 10.1. The summed E-state index contributed by atoms with van der Waals surface area (Å²) >= 11 is 6.60. The van der Waals surface area contributed by atoms with Gasteiger partial charge in [0.25, 0.3) is 0 Å². The maximum atomic E-state index is 15.0. The van der Waals surface area contributed by atoms with Crippen LogP contribution in [0.4, 0.5) is 10.1 Å². The van der Waals surface area contributed by atoms with Crippen LogP contribution in [0.1, 0.15) is 35.7 Å². The highest BCUT2D eigenvalue weighted by molar-refractivity contribution is 7.91. The molecular weight excluding hydrogens is 456 g/mol. The molecule has 4 rings (SSSR count). The van der Waals surface area contributed by atoms with Gasteiger partial charge in [0.2, 0.25) is 0 Å². The molecule has 2 heterocycles. The number of hydrogen-bond donors (Lipinski definition) is 1. The number of Topliss-reactive ketones (excluding diaryl/α,β-unsaturated/α-hetero) is 1. The van der Waals surface area contributed by atoms with E-state index in [0.29, 0.717) is 25.0 Å². The fraction of sp³-hybridized carbons (Fsp3) is 0.474. The summed E-state index contributed by atoms with van der Waals surface area (Å²) < 4.78 is 39.8. The van der Waals surface area contributed by atoms with Crippen molar-refractivity contribution in [3.8, 4) is 0 Å². The molecule has 0 spiro atoms. The minimum absolute atomic E-state index is 0. The van der Waals surface area contributed by atoms with Crippen LogP contribution < -0.4 is 16.1 Å². The first-order chi connectivity index (χ1) is 13.6. The van der Waals surface area contributed by atoms with E-state index in [-0.39, 0.29) is 46.2 Å². The number of aromatic nitrogens is 1. The molecule has 1 atom stereocenters. The van der Waals surface area contributed by atoms with Crippen LogP contribution in [0.25, 0.3) is 10.9 Å². The van der Waals surface area contributed by atoms with Gasteiger partial charge in [0, 0.05) is 37.6 Å². The molecule has 1 aliphatic heterocycles. The fourth-order valence-corrected chi connectivity index (χ4v) is 4.91. The number of sulfone groups is 1. The first-order valence-corrected chi connectivity index (χ1v) is 11.8. The normalized spacial score (nSPS) is 19.2. The molecule has 7 nitrogen and oxygen atoms in total. The third kappa shape index (κ3) is 4.21. The Hall–Kier alpha value is -1.68.